The summed E-state index contributed by atoms with van der Waals surface area (Å²) in [7, 11) is -0.394. The molecule has 0 aliphatic carbocycles. The Morgan fingerprint density at radius 3 is 2.28 bits per heavy atom. The summed E-state index contributed by atoms with van der Waals surface area (Å²) in [5.41, 5.74) is 1.44. The molecule has 2 rings (SSSR count). The molecule has 0 saturated heterocycles. The average Bonchev–Trinajstić information content (AvgIpc) is 2.76. The lowest BCUT2D eigenvalue weighted by atomic mass is 10.2. The van der Waals surface area contributed by atoms with Crippen LogP contribution in [-0.2, 0) is 10.0 Å². The lowest BCUT2D eigenvalue weighted by molar-refractivity contribution is 0.521. The zero-order valence-electron chi connectivity index (χ0n) is 9.79. The minimum Gasteiger partial charge on any atom is -0.439 e. The fourth-order valence-electron chi connectivity index (χ4n) is 1.39. The zero-order valence-corrected chi connectivity index (χ0v) is 12.2. The Hall–Kier alpha value is -1.18. The van der Waals surface area contributed by atoms with E-state index in [1.165, 1.54) is 24.7 Å². The van der Waals surface area contributed by atoms with Crippen molar-refractivity contribution in [2.45, 2.75) is 4.90 Å². The van der Waals surface area contributed by atoms with E-state index in [1.807, 2.05) is 0 Å². The molecule has 96 valence electrons. The van der Waals surface area contributed by atoms with Crippen LogP contribution in [0, 0.1) is 0 Å². The van der Waals surface area contributed by atoms with Gasteiger partial charge in [0.15, 0.2) is 0 Å². The van der Waals surface area contributed by atoms with Gasteiger partial charge < -0.3 is 4.42 Å². The van der Waals surface area contributed by atoms with Gasteiger partial charge in [0, 0.05) is 35.6 Å². The quantitative estimate of drug-likeness (QED) is 0.866. The van der Waals surface area contributed by atoms with Crippen LogP contribution in [0.3, 0.4) is 0 Å². The normalized spacial score (nSPS) is 12.0. The van der Waals surface area contributed by atoms with E-state index in [0.29, 0.717) is 10.5 Å². The van der Waals surface area contributed by atoms with Crippen molar-refractivity contribution >= 4 is 26.0 Å². The highest BCUT2D eigenvalue weighted by Crippen LogP contribution is 2.23. The topological polar surface area (TPSA) is 63.4 Å². The first-order valence-corrected chi connectivity index (χ1v) is 7.28. The van der Waals surface area contributed by atoms with E-state index in [-0.39, 0.29) is 4.90 Å². The number of oxazole rings is 1. The predicted octanol–water partition coefficient (Wildman–Crippen LogP) is 2.35. The van der Waals surface area contributed by atoms with E-state index in [9.17, 15) is 8.42 Å². The maximum atomic E-state index is 11.9. The SMILES string of the molecule is CN(C)S(=O)(=O)c1ccc(-c2coc(Br)n2)cc1. The molecule has 1 aromatic carbocycles. The maximum Gasteiger partial charge on any atom is 0.264 e. The third-order valence-corrected chi connectivity index (χ3v) is 4.60. The lowest BCUT2D eigenvalue weighted by Gasteiger charge is -2.11. The van der Waals surface area contributed by atoms with Crippen molar-refractivity contribution in [3.63, 3.8) is 0 Å². The zero-order chi connectivity index (χ0) is 13.3. The van der Waals surface area contributed by atoms with Crippen molar-refractivity contribution < 1.29 is 12.8 Å². The van der Waals surface area contributed by atoms with Crippen LogP contribution in [0.4, 0.5) is 0 Å². The Morgan fingerprint density at radius 2 is 1.83 bits per heavy atom. The molecule has 0 radical (unpaired) electrons. The Kier molecular flexibility index (Phi) is 3.56. The number of rotatable bonds is 3. The number of halogens is 1. The Morgan fingerprint density at radius 1 is 1.22 bits per heavy atom. The second-order valence-corrected chi connectivity index (χ2v) is 6.63. The predicted molar refractivity (Wildman–Crippen MR) is 70.5 cm³/mol. The first-order chi connectivity index (χ1) is 8.41. The van der Waals surface area contributed by atoms with Crippen molar-refractivity contribution in [1.29, 1.82) is 0 Å². The summed E-state index contributed by atoms with van der Waals surface area (Å²) in [6, 6.07) is 6.49. The van der Waals surface area contributed by atoms with Gasteiger partial charge in [-0.2, -0.15) is 0 Å². The molecule has 0 unspecified atom stereocenters. The summed E-state index contributed by atoms with van der Waals surface area (Å²) in [6.45, 7) is 0. The van der Waals surface area contributed by atoms with Crippen LogP contribution in [0.1, 0.15) is 0 Å². The van der Waals surface area contributed by atoms with Crippen molar-refractivity contribution in [1.82, 2.24) is 9.29 Å². The van der Waals surface area contributed by atoms with Crippen molar-refractivity contribution in [2.75, 3.05) is 14.1 Å². The van der Waals surface area contributed by atoms with Crippen LogP contribution in [0.25, 0.3) is 11.3 Å². The number of benzene rings is 1. The molecule has 0 amide bonds. The third kappa shape index (κ3) is 2.47. The highest BCUT2D eigenvalue weighted by molar-refractivity contribution is 9.10. The molecular weight excluding hydrogens is 320 g/mol. The highest BCUT2D eigenvalue weighted by Gasteiger charge is 2.17. The first-order valence-electron chi connectivity index (χ1n) is 5.05. The molecule has 1 heterocycles. The molecule has 18 heavy (non-hydrogen) atoms. The van der Waals surface area contributed by atoms with Crippen LogP contribution in [-0.4, -0.2) is 31.8 Å². The summed E-state index contributed by atoms with van der Waals surface area (Å²) >= 11 is 3.11. The fourth-order valence-corrected chi connectivity index (χ4v) is 2.58. The maximum absolute atomic E-state index is 11.9. The van der Waals surface area contributed by atoms with Gasteiger partial charge >= 0.3 is 0 Å². The second-order valence-electron chi connectivity index (χ2n) is 3.80. The number of nitrogens with zero attached hydrogens (tertiary/aromatic N) is 2. The van der Waals surface area contributed by atoms with Gasteiger partial charge in [0.2, 0.25) is 10.0 Å². The van der Waals surface area contributed by atoms with E-state index >= 15 is 0 Å². The van der Waals surface area contributed by atoms with Crippen LogP contribution in [0.15, 0.2) is 44.6 Å². The summed E-state index contributed by atoms with van der Waals surface area (Å²) in [6.07, 6.45) is 1.50. The Balaban J connectivity index is 2.37. The Bertz CT molecular complexity index is 647. The van der Waals surface area contributed by atoms with Crippen LogP contribution in [0.2, 0.25) is 0 Å². The number of hydrogen-bond donors (Lipinski definition) is 0. The number of sulfonamides is 1. The van der Waals surface area contributed by atoms with Gasteiger partial charge in [-0.15, -0.1) is 0 Å². The minimum absolute atomic E-state index is 0.249. The van der Waals surface area contributed by atoms with E-state index in [4.69, 9.17) is 4.42 Å². The summed E-state index contributed by atoms with van der Waals surface area (Å²) in [5.74, 6) is 0. The molecule has 1 aromatic heterocycles. The van der Waals surface area contributed by atoms with E-state index in [1.54, 1.807) is 24.3 Å². The molecule has 7 heteroatoms. The lowest BCUT2D eigenvalue weighted by Crippen LogP contribution is -2.22. The molecule has 0 atom stereocenters. The van der Waals surface area contributed by atoms with Gasteiger partial charge in [0.05, 0.1) is 4.90 Å². The second kappa shape index (κ2) is 4.83. The van der Waals surface area contributed by atoms with Gasteiger partial charge in [0.25, 0.3) is 4.80 Å². The molecule has 0 fully saturated rings. The van der Waals surface area contributed by atoms with Gasteiger partial charge in [-0.1, -0.05) is 12.1 Å². The van der Waals surface area contributed by atoms with E-state index in [2.05, 4.69) is 20.9 Å². The van der Waals surface area contributed by atoms with Crippen molar-refractivity contribution in [3.05, 3.63) is 35.3 Å². The standard InChI is InChI=1S/C11H11BrN2O3S/c1-14(2)18(15,16)9-5-3-8(4-6-9)10-7-17-11(12)13-10/h3-7H,1-2H3. The monoisotopic (exact) mass is 330 g/mol. The first kappa shape index (κ1) is 13.3. The van der Waals surface area contributed by atoms with Crippen molar-refractivity contribution in [2.24, 2.45) is 0 Å². The molecule has 0 saturated carbocycles. The highest BCUT2D eigenvalue weighted by atomic mass is 79.9. The van der Waals surface area contributed by atoms with Gasteiger partial charge in [-0.3, -0.25) is 0 Å². The van der Waals surface area contributed by atoms with Crippen LogP contribution in [0.5, 0.6) is 0 Å². The summed E-state index contributed by atoms with van der Waals surface area (Å²) in [4.78, 5) is 4.74. The largest absolute Gasteiger partial charge is 0.439 e. The van der Waals surface area contributed by atoms with E-state index < -0.39 is 10.0 Å². The van der Waals surface area contributed by atoms with Gasteiger partial charge in [-0.25, -0.2) is 17.7 Å². The number of hydrogen-bond acceptors (Lipinski definition) is 4. The molecule has 5 nitrogen and oxygen atoms in total. The van der Waals surface area contributed by atoms with E-state index in [0.717, 1.165) is 5.56 Å². The Labute approximate surface area is 114 Å². The van der Waals surface area contributed by atoms with Gasteiger partial charge in [-0.05, 0) is 12.1 Å². The third-order valence-electron chi connectivity index (χ3n) is 2.40. The fraction of sp³-hybridized carbons (Fsp3) is 0.182. The molecule has 0 spiro atoms. The minimum atomic E-state index is -3.39. The van der Waals surface area contributed by atoms with Crippen molar-refractivity contribution in [3.8, 4) is 11.3 Å². The summed E-state index contributed by atoms with van der Waals surface area (Å²) < 4.78 is 29.9. The molecular formula is C11H11BrN2O3S. The van der Waals surface area contributed by atoms with Crippen LogP contribution < -0.4 is 0 Å². The molecule has 0 N–H and O–H groups in total. The number of aromatic nitrogens is 1. The smallest absolute Gasteiger partial charge is 0.264 e. The van der Waals surface area contributed by atoms with Gasteiger partial charge in [0.1, 0.15) is 12.0 Å². The molecule has 0 aliphatic heterocycles. The molecule has 0 aliphatic rings. The average molecular weight is 331 g/mol. The molecule has 0 bridgehead atoms. The summed E-state index contributed by atoms with van der Waals surface area (Å²) in [5, 5.41) is 0. The molecule has 2 aromatic rings. The van der Waals surface area contributed by atoms with Crippen LogP contribution >= 0.6 is 15.9 Å².